The van der Waals surface area contributed by atoms with E-state index >= 15 is 0 Å². The molecule has 1 aliphatic rings. The van der Waals surface area contributed by atoms with E-state index in [-0.39, 0.29) is 5.41 Å². The molecule has 0 saturated carbocycles. The molecule has 0 bridgehead atoms. The molecule has 5 heteroatoms. The number of nitrogens with one attached hydrogen (secondary N) is 1. The van der Waals surface area contributed by atoms with Gasteiger partial charge in [-0.2, -0.15) is 4.98 Å². The van der Waals surface area contributed by atoms with Crippen molar-refractivity contribution in [3.05, 3.63) is 42.0 Å². The Morgan fingerprint density at radius 1 is 1.24 bits per heavy atom. The molecule has 0 radical (unpaired) electrons. The first-order valence-electron chi connectivity index (χ1n) is 7.54. The van der Waals surface area contributed by atoms with Crippen LogP contribution < -0.4 is 5.32 Å². The first kappa shape index (κ1) is 14.6. The van der Waals surface area contributed by atoms with Crippen molar-refractivity contribution in [1.29, 1.82) is 0 Å². The Bertz CT molecular complexity index is 564. The zero-order valence-electron chi connectivity index (χ0n) is 12.3. The Labute approximate surface area is 129 Å². The monoisotopic (exact) mass is 303 g/mol. The van der Waals surface area contributed by atoms with E-state index in [0.29, 0.717) is 0 Å². The molecule has 0 spiro atoms. The SMILES string of the molecule is CCC1(c2nc(CSc3ccccc3)no2)CCNCC1. The standard InChI is InChI=1S/C16H21N3OS/c1-2-16(8-10-17-11-9-16)15-18-14(19-20-15)12-21-13-6-4-3-5-7-13/h3-7,17H,2,8-12H2,1H3. The highest BCUT2D eigenvalue weighted by atomic mass is 32.2. The second kappa shape index (κ2) is 6.62. The van der Waals surface area contributed by atoms with Gasteiger partial charge in [-0.05, 0) is 44.5 Å². The van der Waals surface area contributed by atoms with Gasteiger partial charge in [-0.25, -0.2) is 0 Å². The van der Waals surface area contributed by atoms with E-state index in [1.807, 2.05) is 18.2 Å². The number of hydrogen-bond acceptors (Lipinski definition) is 5. The van der Waals surface area contributed by atoms with Crippen LogP contribution in [0.3, 0.4) is 0 Å². The van der Waals surface area contributed by atoms with Gasteiger partial charge in [-0.3, -0.25) is 0 Å². The normalized spacial score (nSPS) is 17.8. The fourth-order valence-electron chi connectivity index (χ4n) is 2.82. The molecule has 1 saturated heterocycles. The van der Waals surface area contributed by atoms with Crippen molar-refractivity contribution in [2.24, 2.45) is 0 Å². The van der Waals surface area contributed by atoms with E-state index in [0.717, 1.165) is 49.8 Å². The van der Waals surface area contributed by atoms with Crippen LogP contribution in [0.1, 0.15) is 37.9 Å². The largest absolute Gasteiger partial charge is 0.339 e. The van der Waals surface area contributed by atoms with Crippen LogP contribution in [0.25, 0.3) is 0 Å². The topological polar surface area (TPSA) is 51.0 Å². The summed E-state index contributed by atoms with van der Waals surface area (Å²) in [6.45, 7) is 4.28. The van der Waals surface area contributed by atoms with E-state index in [4.69, 9.17) is 4.52 Å². The Morgan fingerprint density at radius 3 is 2.71 bits per heavy atom. The molecule has 21 heavy (non-hydrogen) atoms. The lowest BCUT2D eigenvalue weighted by molar-refractivity contribution is 0.216. The van der Waals surface area contributed by atoms with Gasteiger partial charge < -0.3 is 9.84 Å². The van der Waals surface area contributed by atoms with Crippen molar-refractivity contribution in [3.63, 3.8) is 0 Å². The lowest BCUT2D eigenvalue weighted by Crippen LogP contribution is -2.39. The second-order valence-corrected chi connectivity index (χ2v) is 6.55. The zero-order chi connectivity index (χ0) is 14.5. The van der Waals surface area contributed by atoms with Crippen molar-refractivity contribution in [1.82, 2.24) is 15.5 Å². The van der Waals surface area contributed by atoms with Gasteiger partial charge in [0.25, 0.3) is 0 Å². The maximum atomic E-state index is 5.58. The minimum Gasteiger partial charge on any atom is -0.339 e. The lowest BCUT2D eigenvalue weighted by atomic mass is 9.76. The van der Waals surface area contributed by atoms with Gasteiger partial charge in [0.2, 0.25) is 5.89 Å². The molecule has 2 heterocycles. The summed E-state index contributed by atoms with van der Waals surface area (Å²) in [5.74, 6) is 2.38. The third-order valence-electron chi connectivity index (χ3n) is 4.27. The fourth-order valence-corrected chi connectivity index (χ4v) is 3.58. The summed E-state index contributed by atoms with van der Waals surface area (Å²) < 4.78 is 5.58. The summed E-state index contributed by atoms with van der Waals surface area (Å²) >= 11 is 1.74. The minimum absolute atomic E-state index is 0.0773. The van der Waals surface area contributed by atoms with Crippen LogP contribution in [0.2, 0.25) is 0 Å². The molecule has 1 fully saturated rings. The number of piperidine rings is 1. The molecule has 112 valence electrons. The number of aromatic nitrogens is 2. The van der Waals surface area contributed by atoms with Gasteiger partial charge in [-0.1, -0.05) is 30.3 Å². The van der Waals surface area contributed by atoms with Crippen molar-refractivity contribution in [2.45, 2.75) is 42.2 Å². The summed E-state index contributed by atoms with van der Waals surface area (Å²) in [4.78, 5) is 5.90. The van der Waals surface area contributed by atoms with Gasteiger partial charge in [0.1, 0.15) is 0 Å². The molecular formula is C16H21N3OS. The molecule has 0 amide bonds. The molecule has 1 aliphatic heterocycles. The minimum atomic E-state index is 0.0773. The van der Waals surface area contributed by atoms with Crippen molar-refractivity contribution < 1.29 is 4.52 Å². The molecule has 0 unspecified atom stereocenters. The van der Waals surface area contributed by atoms with Crippen molar-refractivity contribution >= 4 is 11.8 Å². The fraction of sp³-hybridized carbons (Fsp3) is 0.500. The molecule has 0 atom stereocenters. The maximum Gasteiger partial charge on any atom is 0.232 e. The first-order valence-corrected chi connectivity index (χ1v) is 8.53. The number of hydrogen-bond donors (Lipinski definition) is 1. The molecule has 0 aliphatic carbocycles. The van der Waals surface area contributed by atoms with Crippen LogP contribution in [0.15, 0.2) is 39.8 Å². The third kappa shape index (κ3) is 3.30. The van der Waals surface area contributed by atoms with Crippen LogP contribution in [-0.2, 0) is 11.2 Å². The maximum absolute atomic E-state index is 5.58. The smallest absolute Gasteiger partial charge is 0.232 e. The summed E-state index contributed by atoms with van der Waals surface area (Å²) in [5.41, 5.74) is 0.0773. The van der Waals surface area contributed by atoms with Crippen LogP contribution in [0.5, 0.6) is 0 Å². The molecule has 1 aromatic heterocycles. The molecule has 2 aromatic rings. The molecule has 3 rings (SSSR count). The predicted molar refractivity (Wildman–Crippen MR) is 84.4 cm³/mol. The number of nitrogens with zero attached hydrogens (tertiary/aromatic N) is 2. The van der Waals surface area contributed by atoms with Gasteiger partial charge in [-0.15, -0.1) is 11.8 Å². The van der Waals surface area contributed by atoms with Gasteiger partial charge >= 0.3 is 0 Å². The van der Waals surface area contributed by atoms with Crippen molar-refractivity contribution in [2.75, 3.05) is 13.1 Å². The van der Waals surface area contributed by atoms with Crippen LogP contribution in [0.4, 0.5) is 0 Å². The molecular weight excluding hydrogens is 282 g/mol. The summed E-state index contributed by atoms with van der Waals surface area (Å²) in [7, 11) is 0. The highest BCUT2D eigenvalue weighted by Gasteiger charge is 2.37. The van der Waals surface area contributed by atoms with Crippen LogP contribution in [-0.4, -0.2) is 23.2 Å². The summed E-state index contributed by atoms with van der Waals surface area (Å²) in [5, 5.41) is 7.58. The Hall–Kier alpha value is -1.33. The van der Waals surface area contributed by atoms with E-state index in [1.165, 1.54) is 4.90 Å². The second-order valence-electron chi connectivity index (χ2n) is 5.50. The van der Waals surface area contributed by atoms with Crippen LogP contribution >= 0.6 is 11.8 Å². The number of rotatable bonds is 5. The highest BCUT2D eigenvalue weighted by Crippen LogP contribution is 2.35. The van der Waals surface area contributed by atoms with E-state index in [9.17, 15) is 0 Å². The molecule has 1 N–H and O–H groups in total. The van der Waals surface area contributed by atoms with E-state index in [2.05, 4.69) is 34.5 Å². The Kier molecular flexibility index (Phi) is 4.60. The summed E-state index contributed by atoms with van der Waals surface area (Å²) in [6.07, 6.45) is 3.22. The quantitative estimate of drug-likeness (QED) is 0.858. The summed E-state index contributed by atoms with van der Waals surface area (Å²) in [6, 6.07) is 10.3. The van der Waals surface area contributed by atoms with E-state index in [1.54, 1.807) is 11.8 Å². The average molecular weight is 303 g/mol. The Balaban J connectivity index is 1.68. The van der Waals surface area contributed by atoms with Crippen molar-refractivity contribution in [3.8, 4) is 0 Å². The number of thioether (sulfide) groups is 1. The third-order valence-corrected chi connectivity index (χ3v) is 5.28. The first-order chi connectivity index (χ1) is 10.3. The van der Waals surface area contributed by atoms with Crippen LogP contribution in [0, 0.1) is 0 Å². The average Bonchev–Trinajstić information content (AvgIpc) is 3.04. The van der Waals surface area contributed by atoms with E-state index < -0.39 is 0 Å². The lowest BCUT2D eigenvalue weighted by Gasteiger charge is -2.33. The zero-order valence-corrected chi connectivity index (χ0v) is 13.2. The molecule has 4 nitrogen and oxygen atoms in total. The molecule has 1 aromatic carbocycles. The number of benzene rings is 1. The van der Waals surface area contributed by atoms with Gasteiger partial charge in [0.05, 0.1) is 11.2 Å². The predicted octanol–water partition coefficient (Wildman–Crippen LogP) is 3.39. The van der Waals surface area contributed by atoms with Gasteiger partial charge in [0.15, 0.2) is 5.82 Å². The Morgan fingerprint density at radius 2 is 2.00 bits per heavy atom. The highest BCUT2D eigenvalue weighted by molar-refractivity contribution is 7.98. The van der Waals surface area contributed by atoms with Gasteiger partial charge in [0, 0.05) is 4.90 Å².